The molecule has 0 aromatic heterocycles. The minimum Gasteiger partial charge on any atom is -0.279 e. The van der Waals surface area contributed by atoms with Gasteiger partial charge in [-0.3, -0.25) is 19.6 Å². The summed E-state index contributed by atoms with van der Waals surface area (Å²) in [4.78, 5) is 10.2. The summed E-state index contributed by atoms with van der Waals surface area (Å²) >= 11 is 0. The van der Waals surface area contributed by atoms with Gasteiger partial charge in [0.1, 0.15) is 12.3 Å². The van der Waals surface area contributed by atoms with Gasteiger partial charge < -0.3 is 0 Å². The fourth-order valence-electron chi connectivity index (χ4n) is 2.83. The van der Waals surface area contributed by atoms with Crippen LogP contribution in [0.15, 0.2) is 18.2 Å². The number of nitro groups is 1. The number of nitrogens with one attached hydrogen (secondary N) is 1. The van der Waals surface area contributed by atoms with E-state index in [0.717, 1.165) is 6.07 Å². The van der Waals surface area contributed by atoms with E-state index in [-0.39, 0.29) is 29.0 Å². The lowest BCUT2D eigenvalue weighted by Crippen LogP contribution is -2.44. The molecule has 1 aromatic carbocycles. The van der Waals surface area contributed by atoms with Crippen molar-refractivity contribution < 1.29 is 30.7 Å². The third-order valence-electron chi connectivity index (χ3n) is 4.05. The third-order valence-corrected chi connectivity index (χ3v) is 5.28. The van der Waals surface area contributed by atoms with Crippen molar-refractivity contribution in [2.24, 2.45) is 0 Å². The molecule has 1 aliphatic rings. The fourth-order valence-corrected chi connectivity index (χ4v) is 3.45. The molecule has 0 aliphatic carbocycles. The van der Waals surface area contributed by atoms with Gasteiger partial charge in [0, 0.05) is 17.5 Å². The Labute approximate surface area is 142 Å². The maximum absolute atomic E-state index is 13.3. The molecule has 2 rings (SSSR count). The van der Waals surface area contributed by atoms with E-state index in [1.807, 2.05) is 0 Å². The first-order chi connectivity index (χ1) is 11.4. The van der Waals surface area contributed by atoms with E-state index >= 15 is 0 Å². The van der Waals surface area contributed by atoms with E-state index in [0.29, 0.717) is 0 Å². The van der Waals surface area contributed by atoms with E-state index in [1.54, 1.807) is 0 Å². The maximum Gasteiger partial charge on any atom is 0.404 e. The zero-order chi connectivity index (χ0) is 19.0. The van der Waals surface area contributed by atoms with Crippen molar-refractivity contribution in [3.05, 3.63) is 39.4 Å². The highest BCUT2D eigenvalue weighted by molar-refractivity contribution is 7.86. The van der Waals surface area contributed by atoms with Gasteiger partial charge in [-0.25, -0.2) is 0 Å². The zero-order valence-electron chi connectivity index (χ0n) is 13.4. The molecule has 1 aromatic rings. The fraction of sp³-hybridized carbons (Fsp3) is 0.571. The Morgan fingerprint density at radius 3 is 2.52 bits per heavy atom. The molecular formula is C14H17F3N2O5S. The topological polar surface area (TPSA) is 98.5 Å². The summed E-state index contributed by atoms with van der Waals surface area (Å²) in [5.74, 6) is -1.47. The second-order valence-corrected chi connectivity index (χ2v) is 7.65. The second-order valence-electron chi connectivity index (χ2n) is 5.76. The van der Waals surface area contributed by atoms with Crippen LogP contribution in [-0.2, 0) is 14.3 Å². The summed E-state index contributed by atoms with van der Waals surface area (Å²) in [6.07, 6.45) is -6.16. The molecule has 1 fully saturated rings. The molecule has 140 valence electrons. The molecule has 1 N–H and O–H groups in total. The Morgan fingerprint density at radius 2 is 2.04 bits per heavy atom. The monoisotopic (exact) mass is 382 g/mol. The van der Waals surface area contributed by atoms with Crippen molar-refractivity contribution in [2.45, 2.75) is 44.6 Å². The van der Waals surface area contributed by atoms with Crippen molar-refractivity contribution in [1.29, 1.82) is 0 Å². The average molecular weight is 382 g/mol. The molecule has 0 saturated carbocycles. The highest BCUT2D eigenvalue weighted by Gasteiger charge is 2.51. The molecule has 1 aliphatic heterocycles. The molecule has 0 amide bonds. The number of rotatable bonds is 5. The smallest absolute Gasteiger partial charge is 0.279 e. The summed E-state index contributed by atoms with van der Waals surface area (Å²) in [6.45, 7) is 2.75. The Hall–Kier alpha value is -1.72. The van der Waals surface area contributed by atoms with Crippen LogP contribution in [-0.4, -0.2) is 37.5 Å². The Morgan fingerprint density at radius 1 is 1.40 bits per heavy atom. The quantitative estimate of drug-likeness (QED) is 0.478. The van der Waals surface area contributed by atoms with Crippen LogP contribution in [0, 0.1) is 17.0 Å². The zero-order valence-corrected chi connectivity index (χ0v) is 14.2. The number of hydrogen-bond acceptors (Lipinski definition) is 6. The maximum atomic E-state index is 13.3. The molecule has 0 bridgehead atoms. The van der Waals surface area contributed by atoms with Crippen molar-refractivity contribution in [1.82, 2.24) is 5.32 Å². The van der Waals surface area contributed by atoms with Crippen LogP contribution in [0.3, 0.4) is 0 Å². The van der Waals surface area contributed by atoms with Gasteiger partial charge in [0.05, 0.1) is 10.7 Å². The first-order valence-corrected chi connectivity index (χ1v) is 9.01. The number of nitro benzene ring substituents is 1. The highest BCUT2D eigenvalue weighted by Crippen LogP contribution is 2.41. The third kappa shape index (κ3) is 4.47. The molecule has 11 heteroatoms. The molecule has 1 unspecified atom stereocenters. The Bertz CT molecular complexity index is 766. The van der Waals surface area contributed by atoms with Gasteiger partial charge in [-0.05, 0) is 31.9 Å². The molecule has 3 atom stereocenters. The number of nitrogens with zero attached hydrogens (tertiary/aromatic N) is 1. The van der Waals surface area contributed by atoms with E-state index < -0.39 is 39.4 Å². The van der Waals surface area contributed by atoms with Crippen LogP contribution in [0.1, 0.15) is 30.4 Å². The number of alkyl halides is 3. The summed E-state index contributed by atoms with van der Waals surface area (Å²) in [6, 6.07) is 1.72. The number of hydrogen-bond donors (Lipinski definition) is 1. The molecule has 25 heavy (non-hydrogen) atoms. The second kappa shape index (κ2) is 6.89. The van der Waals surface area contributed by atoms with Gasteiger partial charge >= 0.3 is 6.18 Å². The molecule has 1 saturated heterocycles. The first-order valence-electron chi connectivity index (χ1n) is 7.43. The summed E-state index contributed by atoms with van der Waals surface area (Å²) in [7, 11) is -3.92. The van der Waals surface area contributed by atoms with Gasteiger partial charge in [-0.15, -0.1) is 0 Å². The lowest BCUT2D eigenvalue weighted by atomic mass is 9.90. The largest absolute Gasteiger partial charge is 0.404 e. The van der Waals surface area contributed by atoms with E-state index in [9.17, 15) is 31.7 Å². The van der Waals surface area contributed by atoms with E-state index in [4.69, 9.17) is 4.18 Å². The highest BCUT2D eigenvalue weighted by atomic mass is 32.2. The van der Waals surface area contributed by atoms with Crippen LogP contribution in [0.2, 0.25) is 0 Å². The Kier molecular flexibility index (Phi) is 5.40. The summed E-state index contributed by atoms with van der Waals surface area (Å²) in [5.41, 5.74) is 0.270. The van der Waals surface area contributed by atoms with Crippen molar-refractivity contribution >= 4 is 15.8 Å². The van der Waals surface area contributed by atoms with Gasteiger partial charge in [0.15, 0.2) is 0 Å². The van der Waals surface area contributed by atoms with Crippen LogP contribution >= 0.6 is 0 Å². The van der Waals surface area contributed by atoms with Crippen molar-refractivity contribution in [3.63, 3.8) is 0 Å². The summed E-state index contributed by atoms with van der Waals surface area (Å²) < 4.78 is 67.7. The molecule has 1 heterocycles. The minimum atomic E-state index is -4.63. The van der Waals surface area contributed by atoms with Crippen LogP contribution in [0.4, 0.5) is 18.9 Å². The SMILES string of the molecule is CCS(=O)(=O)O[C@H]1CC(c2ccc([N+](=O)[O-])c(C)c2)[C@H](C(F)(F)F)N1. The molecule has 0 radical (unpaired) electrons. The minimum absolute atomic E-state index is 0.195. The molecular weight excluding hydrogens is 365 g/mol. The number of aryl methyl sites for hydroxylation is 1. The number of benzene rings is 1. The van der Waals surface area contributed by atoms with Gasteiger partial charge in [-0.2, -0.15) is 21.6 Å². The van der Waals surface area contributed by atoms with Crippen LogP contribution < -0.4 is 5.32 Å². The summed E-state index contributed by atoms with van der Waals surface area (Å²) in [5, 5.41) is 13.0. The predicted octanol–water partition coefficient (Wildman–Crippen LogP) is 2.60. The van der Waals surface area contributed by atoms with Gasteiger partial charge in [0.25, 0.3) is 15.8 Å². The van der Waals surface area contributed by atoms with Crippen LogP contribution in [0.25, 0.3) is 0 Å². The lowest BCUT2D eigenvalue weighted by molar-refractivity contribution is -0.385. The van der Waals surface area contributed by atoms with Gasteiger partial charge in [-0.1, -0.05) is 6.07 Å². The van der Waals surface area contributed by atoms with Crippen molar-refractivity contribution in [3.8, 4) is 0 Å². The molecule has 0 spiro atoms. The van der Waals surface area contributed by atoms with Gasteiger partial charge in [0.2, 0.25) is 0 Å². The lowest BCUT2D eigenvalue weighted by Gasteiger charge is -2.22. The first kappa shape index (κ1) is 19.6. The Balaban J connectivity index is 2.33. The van der Waals surface area contributed by atoms with Crippen LogP contribution in [0.5, 0.6) is 0 Å². The average Bonchev–Trinajstić information content (AvgIpc) is 2.90. The standard InChI is InChI=1S/C14H17F3N2O5S/c1-3-25(22,23)24-12-7-10(13(18-12)14(15,16)17)9-4-5-11(19(20)21)8(2)6-9/h4-6,10,12-13,18H,3,7H2,1-2H3/t10?,12-,13+/m0/s1. The normalized spacial score (nSPS) is 24.4. The number of halogens is 3. The van der Waals surface area contributed by atoms with E-state index in [2.05, 4.69) is 5.32 Å². The van der Waals surface area contributed by atoms with E-state index in [1.165, 1.54) is 26.0 Å². The molecule has 7 nitrogen and oxygen atoms in total. The van der Waals surface area contributed by atoms with Crippen molar-refractivity contribution in [2.75, 3.05) is 5.75 Å². The predicted molar refractivity (Wildman–Crippen MR) is 82.5 cm³/mol.